The maximum absolute atomic E-state index is 11.9. The van der Waals surface area contributed by atoms with Gasteiger partial charge < -0.3 is 15.1 Å². The van der Waals surface area contributed by atoms with Crippen molar-refractivity contribution in [3.63, 3.8) is 0 Å². The molecule has 0 spiro atoms. The van der Waals surface area contributed by atoms with E-state index in [1.165, 1.54) is 0 Å². The monoisotopic (exact) mass is 274 g/mol. The lowest BCUT2D eigenvalue weighted by Crippen LogP contribution is -2.45. The summed E-state index contributed by atoms with van der Waals surface area (Å²) in [6.07, 6.45) is 5.78. The van der Waals surface area contributed by atoms with Crippen molar-refractivity contribution >= 4 is 18.0 Å². The molecular formula is C14H18N4O2. The normalized spacial score (nSPS) is 14.8. The van der Waals surface area contributed by atoms with Gasteiger partial charge in [0.25, 0.3) is 5.91 Å². The average Bonchev–Trinajstić information content (AvgIpc) is 2.52. The number of hydrogen-bond donors (Lipinski definition) is 1. The predicted molar refractivity (Wildman–Crippen MR) is 76.6 cm³/mol. The summed E-state index contributed by atoms with van der Waals surface area (Å²) in [6.45, 7) is 6.87. The Morgan fingerprint density at radius 2 is 2.10 bits per heavy atom. The topological polar surface area (TPSA) is 65.5 Å². The van der Waals surface area contributed by atoms with Crippen LogP contribution in [0.25, 0.3) is 0 Å². The van der Waals surface area contributed by atoms with Gasteiger partial charge in [-0.25, -0.2) is 0 Å². The number of pyridine rings is 1. The Balaban J connectivity index is 2.04. The Labute approximate surface area is 118 Å². The molecule has 1 fully saturated rings. The predicted octanol–water partition coefficient (Wildman–Crippen LogP) is 0.276. The fourth-order valence-electron chi connectivity index (χ4n) is 2.08. The average molecular weight is 274 g/mol. The minimum atomic E-state index is -0.161. The van der Waals surface area contributed by atoms with Crippen molar-refractivity contribution in [2.45, 2.75) is 0 Å². The lowest BCUT2D eigenvalue weighted by Gasteiger charge is -2.34. The molecule has 0 saturated carbocycles. The highest BCUT2D eigenvalue weighted by Gasteiger charge is 2.17. The van der Waals surface area contributed by atoms with Crippen molar-refractivity contribution in [3.05, 3.63) is 36.7 Å². The number of aromatic nitrogens is 1. The zero-order valence-corrected chi connectivity index (χ0v) is 11.3. The van der Waals surface area contributed by atoms with E-state index in [2.05, 4.69) is 21.8 Å². The molecule has 1 aliphatic heterocycles. The Hall–Kier alpha value is -2.37. The van der Waals surface area contributed by atoms with Gasteiger partial charge in [-0.2, -0.15) is 0 Å². The molecule has 0 bridgehead atoms. The molecule has 6 nitrogen and oxygen atoms in total. The van der Waals surface area contributed by atoms with Crippen LogP contribution in [0.4, 0.5) is 5.69 Å². The number of amides is 2. The number of anilines is 1. The minimum Gasteiger partial charge on any atom is -0.367 e. The van der Waals surface area contributed by atoms with Gasteiger partial charge in [0.05, 0.1) is 17.4 Å². The SMILES string of the molecule is C=CCNC(=O)c1cncc(N2CCN(C=O)CC2)c1. The molecule has 1 aromatic rings. The van der Waals surface area contributed by atoms with Crippen LogP contribution in [-0.4, -0.2) is 54.9 Å². The van der Waals surface area contributed by atoms with E-state index in [0.717, 1.165) is 25.2 Å². The van der Waals surface area contributed by atoms with Crippen LogP contribution in [0.3, 0.4) is 0 Å². The molecule has 0 aromatic carbocycles. The molecule has 20 heavy (non-hydrogen) atoms. The van der Waals surface area contributed by atoms with E-state index >= 15 is 0 Å². The van der Waals surface area contributed by atoms with Gasteiger partial charge in [-0.15, -0.1) is 6.58 Å². The fourth-order valence-corrected chi connectivity index (χ4v) is 2.08. The Morgan fingerprint density at radius 3 is 2.75 bits per heavy atom. The van der Waals surface area contributed by atoms with Crippen molar-refractivity contribution in [2.75, 3.05) is 37.6 Å². The first-order valence-electron chi connectivity index (χ1n) is 6.53. The van der Waals surface area contributed by atoms with Crippen LogP contribution >= 0.6 is 0 Å². The van der Waals surface area contributed by atoms with Crippen LogP contribution < -0.4 is 10.2 Å². The van der Waals surface area contributed by atoms with E-state index in [4.69, 9.17) is 0 Å². The largest absolute Gasteiger partial charge is 0.367 e. The van der Waals surface area contributed by atoms with Gasteiger partial charge in [0.2, 0.25) is 6.41 Å². The van der Waals surface area contributed by atoms with E-state index in [0.29, 0.717) is 25.2 Å². The van der Waals surface area contributed by atoms with Crippen LogP contribution in [0.1, 0.15) is 10.4 Å². The molecule has 0 aliphatic carbocycles. The number of hydrogen-bond acceptors (Lipinski definition) is 4. The van der Waals surface area contributed by atoms with Crippen LogP contribution in [-0.2, 0) is 4.79 Å². The Bertz CT molecular complexity index is 496. The van der Waals surface area contributed by atoms with Crippen molar-refractivity contribution in [1.29, 1.82) is 0 Å². The van der Waals surface area contributed by atoms with Crippen LogP contribution in [0.15, 0.2) is 31.1 Å². The second-order valence-electron chi connectivity index (χ2n) is 4.56. The van der Waals surface area contributed by atoms with Crippen LogP contribution in [0.2, 0.25) is 0 Å². The van der Waals surface area contributed by atoms with Gasteiger partial charge in [-0.3, -0.25) is 14.6 Å². The van der Waals surface area contributed by atoms with Crippen molar-refractivity contribution in [3.8, 4) is 0 Å². The third-order valence-electron chi connectivity index (χ3n) is 3.22. The Kier molecular flexibility index (Phi) is 4.70. The maximum Gasteiger partial charge on any atom is 0.253 e. The van der Waals surface area contributed by atoms with Gasteiger partial charge in [0.1, 0.15) is 0 Å². The lowest BCUT2D eigenvalue weighted by molar-refractivity contribution is -0.118. The molecule has 1 aliphatic rings. The van der Waals surface area contributed by atoms with E-state index < -0.39 is 0 Å². The molecule has 2 heterocycles. The Morgan fingerprint density at radius 1 is 1.35 bits per heavy atom. The summed E-state index contributed by atoms with van der Waals surface area (Å²) in [5, 5.41) is 2.72. The fraction of sp³-hybridized carbons (Fsp3) is 0.357. The van der Waals surface area contributed by atoms with E-state index in [1.54, 1.807) is 23.4 Å². The summed E-state index contributed by atoms with van der Waals surface area (Å²) in [4.78, 5) is 30.5. The molecule has 1 aromatic heterocycles. The highest BCUT2D eigenvalue weighted by molar-refractivity contribution is 5.94. The van der Waals surface area contributed by atoms with Gasteiger partial charge in [0, 0.05) is 38.9 Å². The molecule has 6 heteroatoms. The molecule has 0 radical (unpaired) electrons. The number of nitrogens with zero attached hydrogens (tertiary/aromatic N) is 3. The molecule has 0 unspecified atom stereocenters. The molecule has 1 N–H and O–H groups in total. The molecule has 2 amide bonds. The summed E-state index contributed by atoms with van der Waals surface area (Å²) >= 11 is 0. The highest BCUT2D eigenvalue weighted by Crippen LogP contribution is 2.16. The lowest BCUT2D eigenvalue weighted by atomic mass is 10.2. The summed E-state index contributed by atoms with van der Waals surface area (Å²) in [7, 11) is 0. The zero-order chi connectivity index (χ0) is 14.4. The second kappa shape index (κ2) is 6.70. The summed E-state index contributed by atoms with van der Waals surface area (Å²) < 4.78 is 0. The molecular weight excluding hydrogens is 256 g/mol. The summed E-state index contributed by atoms with van der Waals surface area (Å²) in [5.41, 5.74) is 1.43. The second-order valence-corrected chi connectivity index (χ2v) is 4.56. The van der Waals surface area contributed by atoms with Gasteiger partial charge >= 0.3 is 0 Å². The number of rotatable bonds is 5. The van der Waals surface area contributed by atoms with Gasteiger partial charge in [-0.05, 0) is 6.07 Å². The first-order chi connectivity index (χ1) is 9.74. The minimum absolute atomic E-state index is 0.161. The summed E-state index contributed by atoms with van der Waals surface area (Å²) in [5.74, 6) is -0.161. The van der Waals surface area contributed by atoms with Gasteiger partial charge in [0.15, 0.2) is 0 Å². The first-order valence-corrected chi connectivity index (χ1v) is 6.53. The molecule has 2 rings (SSSR count). The number of piperazine rings is 1. The quantitative estimate of drug-likeness (QED) is 0.618. The molecule has 0 atom stereocenters. The third kappa shape index (κ3) is 3.34. The highest BCUT2D eigenvalue weighted by atomic mass is 16.1. The summed E-state index contributed by atoms with van der Waals surface area (Å²) in [6, 6.07) is 1.82. The third-order valence-corrected chi connectivity index (χ3v) is 3.22. The number of nitrogens with one attached hydrogen (secondary N) is 1. The maximum atomic E-state index is 11.9. The smallest absolute Gasteiger partial charge is 0.253 e. The van der Waals surface area contributed by atoms with Crippen molar-refractivity contribution in [1.82, 2.24) is 15.2 Å². The molecule has 106 valence electrons. The van der Waals surface area contributed by atoms with Crippen molar-refractivity contribution in [2.24, 2.45) is 0 Å². The molecule has 1 saturated heterocycles. The van der Waals surface area contributed by atoms with E-state index in [1.807, 2.05) is 6.07 Å². The van der Waals surface area contributed by atoms with E-state index in [-0.39, 0.29) is 5.91 Å². The number of carbonyl (C=O) groups excluding carboxylic acids is 2. The number of carbonyl (C=O) groups is 2. The van der Waals surface area contributed by atoms with Crippen molar-refractivity contribution < 1.29 is 9.59 Å². The van der Waals surface area contributed by atoms with Crippen LogP contribution in [0.5, 0.6) is 0 Å². The van der Waals surface area contributed by atoms with E-state index in [9.17, 15) is 9.59 Å². The standard InChI is InChI=1S/C14H18N4O2/c1-2-3-16-14(20)12-8-13(10-15-9-12)18-6-4-17(11-19)5-7-18/h2,8-11H,1,3-7H2,(H,16,20). The first kappa shape index (κ1) is 14.0. The van der Waals surface area contributed by atoms with Crippen LogP contribution in [0, 0.1) is 0 Å². The zero-order valence-electron chi connectivity index (χ0n) is 11.3. The van der Waals surface area contributed by atoms with Gasteiger partial charge in [-0.1, -0.05) is 6.08 Å².